The van der Waals surface area contributed by atoms with E-state index in [1.54, 1.807) is 4.31 Å². The van der Waals surface area contributed by atoms with Gasteiger partial charge in [0.25, 0.3) is 11.3 Å². The number of amides is 1. The van der Waals surface area contributed by atoms with Gasteiger partial charge >= 0.3 is 6.09 Å². The molecule has 166 valence electrons. The van der Waals surface area contributed by atoms with E-state index in [2.05, 4.69) is 5.32 Å². The second-order valence-corrected chi connectivity index (χ2v) is 9.28. The van der Waals surface area contributed by atoms with Gasteiger partial charge in [-0.05, 0) is 45.1 Å². The van der Waals surface area contributed by atoms with Gasteiger partial charge in [0.05, 0.1) is 5.69 Å². The maximum atomic E-state index is 11.9. The van der Waals surface area contributed by atoms with E-state index in [4.69, 9.17) is 4.74 Å². The van der Waals surface area contributed by atoms with E-state index < -0.39 is 16.9 Å². The van der Waals surface area contributed by atoms with Crippen molar-refractivity contribution in [3.63, 3.8) is 0 Å². The molecule has 1 amide bonds. The van der Waals surface area contributed by atoms with Crippen LogP contribution >= 0.6 is 0 Å². The van der Waals surface area contributed by atoms with Gasteiger partial charge in [0.2, 0.25) is 0 Å². The highest BCUT2D eigenvalue weighted by atomic mass is 32.2. The molecule has 1 unspecified atom stereocenters. The minimum absolute atomic E-state index is 0.368. The Balaban J connectivity index is 1.66. The van der Waals surface area contributed by atoms with Crippen LogP contribution in [0.1, 0.15) is 59.3 Å². The number of alkyl carbamates (subject to hydrolysis) is 1. The largest absolute Gasteiger partial charge is 0.444 e. The third kappa shape index (κ3) is 8.32. The van der Waals surface area contributed by atoms with E-state index in [9.17, 15) is 13.6 Å². The first-order valence-corrected chi connectivity index (χ1v) is 11.7. The van der Waals surface area contributed by atoms with Crippen LogP contribution in [0, 0.1) is 0 Å². The monoisotopic (exact) mass is 434 g/mol. The fraction of sp³-hybridized carbons (Fsp3) is 0.522. The molecule has 2 aromatic rings. The Bertz CT molecular complexity index is 830. The molecule has 7 heteroatoms. The standard InChI is InChI=1S/C23H34N2O4S/c1-23(2,3)29-22(26)24-17-10-6-4-5-7-11-18-25(30(27)28)21-16-12-14-19-13-8-9-15-20(19)21/h8-9,12-16H,4-7,10-11,17-18H2,1-3H3,(H,24,26)(H,27,28). The molecule has 0 saturated heterocycles. The molecule has 1 atom stereocenters. The molecule has 0 bridgehead atoms. The highest BCUT2D eigenvalue weighted by Crippen LogP contribution is 2.27. The normalized spacial score (nSPS) is 12.5. The Kier molecular flexibility index (Phi) is 9.59. The van der Waals surface area contributed by atoms with Crippen LogP contribution in [-0.2, 0) is 16.0 Å². The SMILES string of the molecule is CC(C)(C)OC(=O)NCCCCCCCCN(c1cccc2ccccc12)S(=O)O. The molecule has 0 saturated carbocycles. The van der Waals surface area contributed by atoms with Crippen molar-refractivity contribution in [2.45, 2.75) is 64.9 Å². The van der Waals surface area contributed by atoms with Crippen LogP contribution in [0.15, 0.2) is 42.5 Å². The lowest BCUT2D eigenvalue weighted by Gasteiger charge is -2.21. The van der Waals surface area contributed by atoms with Crippen molar-refractivity contribution >= 4 is 33.8 Å². The highest BCUT2D eigenvalue weighted by Gasteiger charge is 2.16. The number of unbranched alkanes of at least 4 members (excludes halogenated alkanes) is 5. The van der Waals surface area contributed by atoms with Crippen LogP contribution in [0.5, 0.6) is 0 Å². The van der Waals surface area contributed by atoms with Gasteiger partial charge in [0.15, 0.2) is 0 Å². The van der Waals surface area contributed by atoms with Gasteiger partial charge in [-0.15, -0.1) is 0 Å². The number of anilines is 1. The molecule has 0 spiro atoms. The second kappa shape index (κ2) is 11.9. The lowest BCUT2D eigenvalue weighted by atomic mass is 10.1. The Morgan fingerprint density at radius 3 is 2.33 bits per heavy atom. The number of benzene rings is 2. The molecule has 0 radical (unpaired) electrons. The van der Waals surface area contributed by atoms with Crippen molar-refractivity contribution in [1.29, 1.82) is 0 Å². The van der Waals surface area contributed by atoms with Gasteiger partial charge in [-0.3, -0.25) is 8.86 Å². The molecule has 0 aliphatic heterocycles. The Morgan fingerprint density at radius 1 is 1.00 bits per heavy atom. The summed E-state index contributed by atoms with van der Waals surface area (Å²) in [6.45, 7) is 6.70. The summed E-state index contributed by atoms with van der Waals surface area (Å²) >= 11 is -2.05. The van der Waals surface area contributed by atoms with Crippen LogP contribution < -0.4 is 9.62 Å². The molecule has 0 heterocycles. The zero-order valence-corrected chi connectivity index (χ0v) is 19.0. The lowest BCUT2D eigenvalue weighted by molar-refractivity contribution is 0.0527. The van der Waals surface area contributed by atoms with E-state index >= 15 is 0 Å². The van der Waals surface area contributed by atoms with Crippen molar-refractivity contribution in [3.8, 4) is 0 Å². The van der Waals surface area contributed by atoms with Crippen molar-refractivity contribution in [2.24, 2.45) is 0 Å². The minimum atomic E-state index is -2.05. The number of nitrogens with zero attached hydrogens (tertiary/aromatic N) is 1. The summed E-state index contributed by atoms with van der Waals surface area (Å²) in [7, 11) is 0. The van der Waals surface area contributed by atoms with Gasteiger partial charge in [0, 0.05) is 18.5 Å². The fourth-order valence-electron chi connectivity index (χ4n) is 3.30. The van der Waals surface area contributed by atoms with E-state index in [0.717, 1.165) is 55.0 Å². The highest BCUT2D eigenvalue weighted by molar-refractivity contribution is 7.80. The quantitative estimate of drug-likeness (QED) is 0.354. The molecule has 2 aromatic carbocycles. The molecule has 0 fully saturated rings. The van der Waals surface area contributed by atoms with Crippen LogP contribution in [0.3, 0.4) is 0 Å². The van der Waals surface area contributed by atoms with E-state index in [-0.39, 0.29) is 6.09 Å². The predicted molar refractivity (Wildman–Crippen MR) is 124 cm³/mol. The number of carbonyl (C=O) groups is 1. The number of rotatable bonds is 11. The maximum Gasteiger partial charge on any atom is 0.407 e. The molecule has 0 aliphatic rings. The summed E-state index contributed by atoms with van der Waals surface area (Å²) in [6.07, 6.45) is 5.58. The fourth-order valence-corrected chi connectivity index (χ4v) is 3.91. The van der Waals surface area contributed by atoms with Crippen molar-refractivity contribution in [2.75, 3.05) is 17.4 Å². The third-order valence-corrected chi connectivity index (χ3v) is 5.44. The number of ether oxygens (including phenoxy) is 1. The van der Waals surface area contributed by atoms with Gasteiger partial charge in [0.1, 0.15) is 5.60 Å². The van der Waals surface area contributed by atoms with Gasteiger partial charge < -0.3 is 10.1 Å². The van der Waals surface area contributed by atoms with Gasteiger partial charge in [-0.25, -0.2) is 9.00 Å². The molecule has 2 rings (SSSR count). The molecule has 6 nitrogen and oxygen atoms in total. The second-order valence-electron chi connectivity index (χ2n) is 8.38. The van der Waals surface area contributed by atoms with Gasteiger partial charge in [-0.2, -0.15) is 0 Å². The van der Waals surface area contributed by atoms with E-state index in [1.807, 2.05) is 63.2 Å². The molecule has 2 N–H and O–H groups in total. The van der Waals surface area contributed by atoms with Crippen molar-refractivity contribution < 1.29 is 18.3 Å². The summed E-state index contributed by atoms with van der Waals surface area (Å²) in [4.78, 5) is 11.6. The van der Waals surface area contributed by atoms with Crippen LogP contribution in [0.2, 0.25) is 0 Å². The Hall–Kier alpha value is -2.12. The Morgan fingerprint density at radius 2 is 1.63 bits per heavy atom. The topological polar surface area (TPSA) is 78.9 Å². The van der Waals surface area contributed by atoms with E-state index in [1.165, 1.54) is 0 Å². The lowest BCUT2D eigenvalue weighted by Crippen LogP contribution is -2.32. The molecule has 0 aliphatic carbocycles. The predicted octanol–water partition coefficient (Wildman–Crippen LogP) is 5.65. The number of hydrogen-bond acceptors (Lipinski definition) is 3. The number of hydrogen-bond donors (Lipinski definition) is 2. The Labute approximate surface area is 182 Å². The average Bonchev–Trinajstić information content (AvgIpc) is 2.67. The van der Waals surface area contributed by atoms with Crippen LogP contribution in [-0.4, -0.2) is 33.5 Å². The zero-order chi connectivity index (χ0) is 22.0. The summed E-state index contributed by atoms with van der Waals surface area (Å²) in [6, 6.07) is 13.7. The summed E-state index contributed by atoms with van der Waals surface area (Å²) < 4.78 is 28.5. The van der Waals surface area contributed by atoms with Crippen LogP contribution in [0.25, 0.3) is 10.8 Å². The van der Waals surface area contributed by atoms with E-state index in [0.29, 0.717) is 13.1 Å². The first-order valence-electron chi connectivity index (χ1n) is 10.6. The number of carbonyl (C=O) groups excluding carboxylic acids is 1. The van der Waals surface area contributed by atoms with Crippen LogP contribution in [0.4, 0.5) is 10.5 Å². The molecular formula is C23H34N2O4S. The average molecular weight is 435 g/mol. The molecular weight excluding hydrogens is 400 g/mol. The maximum absolute atomic E-state index is 11.9. The third-order valence-electron chi connectivity index (χ3n) is 4.68. The van der Waals surface area contributed by atoms with Crippen molar-refractivity contribution in [3.05, 3.63) is 42.5 Å². The minimum Gasteiger partial charge on any atom is -0.444 e. The van der Waals surface area contributed by atoms with Crippen molar-refractivity contribution in [1.82, 2.24) is 5.32 Å². The number of nitrogens with one attached hydrogen (secondary N) is 1. The summed E-state index contributed by atoms with van der Waals surface area (Å²) in [5, 5.41) is 4.82. The number of fused-ring (bicyclic) bond motifs is 1. The smallest absolute Gasteiger partial charge is 0.407 e. The van der Waals surface area contributed by atoms with Gasteiger partial charge in [-0.1, -0.05) is 62.1 Å². The molecule has 30 heavy (non-hydrogen) atoms. The summed E-state index contributed by atoms with van der Waals surface area (Å²) in [5.74, 6) is 0. The zero-order valence-electron chi connectivity index (χ0n) is 18.2. The first-order chi connectivity index (χ1) is 14.3. The molecule has 0 aromatic heterocycles. The summed E-state index contributed by atoms with van der Waals surface area (Å²) in [5.41, 5.74) is 0.324. The first kappa shape index (κ1) is 24.2.